The highest BCUT2D eigenvalue weighted by Gasteiger charge is 2.36. The molecule has 0 spiro atoms. The van der Waals surface area contributed by atoms with E-state index in [1.54, 1.807) is 16.9 Å². The van der Waals surface area contributed by atoms with Crippen molar-refractivity contribution in [3.63, 3.8) is 0 Å². The molecule has 0 N–H and O–H groups in total. The number of methoxy groups -OCH3 is 1. The predicted octanol–water partition coefficient (Wildman–Crippen LogP) is 1.57. The van der Waals surface area contributed by atoms with Crippen molar-refractivity contribution < 1.29 is 22.7 Å². The SMILES string of the molecule is COc1ccc2cc(C(=O)N3CCN(C(=O)C4CCS(=O)(=O)C4)CC3)ccc2c1. The van der Waals surface area contributed by atoms with E-state index < -0.39 is 15.8 Å². The van der Waals surface area contributed by atoms with Crippen LogP contribution in [-0.4, -0.2) is 74.8 Å². The third-order valence-electron chi connectivity index (χ3n) is 5.75. The maximum atomic E-state index is 12.9. The molecule has 8 heteroatoms. The summed E-state index contributed by atoms with van der Waals surface area (Å²) < 4.78 is 28.5. The fourth-order valence-electron chi connectivity index (χ4n) is 4.04. The Morgan fingerprint density at radius 2 is 1.62 bits per heavy atom. The van der Waals surface area contributed by atoms with Gasteiger partial charge in [-0.05, 0) is 41.5 Å². The van der Waals surface area contributed by atoms with E-state index in [9.17, 15) is 18.0 Å². The van der Waals surface area contributed by atoms with Crippen molar-refractivity contribution in [2.24, 2.45) is 5.92 Å². The van der Waals surface area contributed by atoms with Crippen LogP contribution in [0.5, 0.6) is 5.75 Å². The average molecular weight is 416 g/mol. The third-order valence-corrected chi connectivity index (χ3v) is 7.52. The predicted molar refractivity (Wildman–Crippen MR) is 110 cm³/mol. The fraction of sp³-hybridized carbons (Fsp3) is 0.429. The Kier molecular flexibility index (Phi) is 5.21. The second-order valence-corrected chi connectivity index (χ2v) is 9.87. The lowest BCUT2D eigenvalue weighted by molar-refractivity contribution is -0.136. The Labute approximate surface area is 170 Å². The van der Waals surface area contributed by atoms with Crippen molar-refractivity contribution in [3.05, 3.63) is 42.0 Å². The summed E-state index contributed by atoms with van der Waals surface area (Å²) in [6, 6.07) is 11.3. The maximum Gasteiger partial charge on any atom is 0.253 e. The Morgan fingerprint density at radius 3 is 2.28 bits per heavy atom. The maximum absolute atomic E-state index is 12.9. The normalized spacial score (nSPS) is 21.3. The van der Waals surface area contributed by atoms with Crippen LogP contribution in [0.2, 0.25) is 0 Å². The van der Waals surface area contributed by atoms with Gasteiger partial charge in [-0.1, -0.05) is 12.1 Å². The molecule has 2 fully saturated rings. The summed E-state index contributed by atoms with van der Waals surface area (Å²) in [5, 5.41) is 1.97. The van der Waals surface area contributed by atoms with Gasteiger partial charge in [0.05, 0.1) is 24.5 Å². The van der Waals surface area contributed by atoms with Crippen LogP contribution < -0.4 is 4.74 Å². The molecule has 2 aliphatic heterocycles. The summed E-state index contributed by atoms with van der Waals surface area (Å²) in [4.78, 5) is 28.9. The standard InChI is InChI=1S/C21H24N2O5S/c1-28-19-5-4-15-12-17(3-2-16(15)13-19)20(24)22-7-9-23(10-8-22)21(25)18-6-11-29(26,27)14-18/h2-5,12-13,18H,6-11,14H2,1H3. The Hall–Kier alpha value is -2.61. The first-order valence-corrected chi connectivity index (χ1v) is 11.5. The lowest BCUT2D eigenvalue weighted by Crippen LogP contribution is -2.52. The fourth-order valence-corrected chi connectivity index (χ4v) is 5.78. The van der Waals surface area contributed by atoms with Gasteiger partial charge < -0.3 is 14.5 Å². The van der Waals surface area contributed by atoms with Crippen molar-refractivity contribution in [2.45, 2.75) is 6.42 Å². The third kappa shape index (κ3) is 4.07. The second-order valence-electron chi connectivity index (χ2n) is 7.65. The Balaban J connectivity index is 1.40. The van der Waals surface area contributed by atoms with Crippen molar-refractivity contribution in [2.75, 3.05) is 44.8 Å². The minimum absolute atomic E-state index is 0.0488. The summed E-state index contributed by atoms with van der Waals surface area (Å²) in [6.07, 6.45) is 0.405. The van der Waals surface area contributed by atoms with Crippen LogP contribution in [0.15, 0.2) is 36.4 Å². The number of piperazine rings is 1. The number of sulfone groups is 1. The van der Waals surface area contributed by atoms with Gasteiger partial charge in [0.15, 0.2) is 9.84 Å². The van der Waals surface area contributed by atoms with E-state index in [-0.39, 0.29) is 23.3 Å². The lowest BCUT2D eigenvalue weighted by atomic mass is 10.0. The summed E-state index contributed by atoms with van der Waals surface area (Å²) in [6.45, 7) is 1.77. The highest BCUT2D eigenvalue weighted by Crippen LogP contribution is 2.24. The zero-order valence-corrected chi connectivity index (χ0v) is 17.2. The quantitative estimate of drug-likeness (QED) is 0.758. The molecule has 154 valence electrons. The molecule has 1 unspecified atom stereocenters. The largest absolute Gasteiger partial charge is 0.497 e. The number of carbonyl (C=O) groups is 2. The molecule has 0 aliphatic carbocycles. The minimum atomic E-state index is -3.08. The monoisotopic (exact) mass is 416 g/mol. The first-order chi connectivity index (χ1) is 13.9. The molecule has 4 rings (SSSR count). The van der Waals surface area contributed by atoms with E-state index in [0.29, 0.717) is 38.2 Å². The molecule has 7 nitrogen and oxygen atoms in total. The zero-order valence-electron chi connectivity index (χ0n) is 16.3. The average Bonchev–Trinajstić information content (AvgIpc) is 3.11. The van der Waals surface area contributed by atoms with Crippen LogP contribution in [0.3, 0.4) is 0 Å². The van der Waals surface area contributed by atoms with Crippen molar-refractivity contribution in [1.29, 1.82) is 0 Å². The second kappa shape index (κ2) is 7.67. The van der Waals surface area contributed by atoms with E-state index in [1.807, 2.05) is 36.4 Å². The van der Waals surface area contributed by atoms with E-state index in [2.05, 4.69) is 0 Å². The number of hydrogen-bond donors (Lipinski definition) is 0. The highest BCUT2D eigenvalue weighted by atomic mass is 32.2. The topological polar surface area (TPSA) is 84.0 Å². The number of rotatable bonds is 3. The van der Waals surface area contributed by atoms with Gasteiger partial charge in [0.2, 0.25) is 5.91 Å². The molecule has 2 aromatic carbocycles. The van der Waals surface area contributed by atoms with Gasteiger partial charge in [0, 0.05) is 31.7 Å². The molecular formula is C21H24N2O5S. The van der Waals surface area contributed by atoms with Crippen LogP contribution >= 0.6 is 0 Å². The summed E-state index contributed by atoms with van der Waals surface area (Å²) in [5.41, 5.74) is 0.615. The molecule has 2 aromatic rings. The number of nitrogens with zero attached hydrogens (tertiary/aromatic N) is 2. The summed E-state index contributed by atoms with van der Waals surface area (Å²) >= 11 is 0. The van der Waals surface area contributed by atoms with Gasteiger partial charge in [-0.15, -0.1) is 0 Å². The first-order valence-electron chi connectivity index (χ1n) is 9.72. The number of carbonyl (C=O) groups excluding carboxylic acids is 2. The smallest absolute Gasteiger partial charge is 0.253 e. The van der Waals surface area contributed by atoms with Gasteiger partial charge in [-0.3, -0.25) is 9.59 Å². The zero-order chi connectivity index (χ0) is 20.6. The molecule has 0 radical (unpaired) electrons. The van der Waals surface area contributed by atoms with E-state index in [4.69, 9.17) is 4.74 Å². The van der Waals surface area contributed by atoms with Crippen molar-refractivity contribution in [3.8, 4) is 5.75 Å². The highest BCUT2D eigenvalue weighted by molar-refractivity contribution is 7.91. The number of hydrogen-bond acceptors (Lipinski definition) is 5. The van der Waals surface area contributed by atoms with Gasteiger partial charge in [-0.25, -0.2) is 8.42 Å². The molecular weight excluding hydrogens is 392 g/mol. The summed E-state index contributed by atoms with van der Waals surface area (Å²) in [7, 11) is -1.46. The number of amides is 2. The Morgan fingerprint density at radius 1 is 0.966 bits per heavy atom. The lowest BCUT2D eigenvalue weighted by Gasteiger charge is -2.36. The molecule has 0 bridgehead atoms. The molecule has 29 heavy (non-hydrogen) atoms. The van der Waals surface area contributed by atoms with E-state index >= 15 is 0 Å². The molecule has 2 amide bonds. The number of benzene rings is 2. The minimum Gasteiger partial charge on any atom is -0.497 e. The Bertz CT molecular complexity index is 1060. The van der Waals surface area contributed by atoms with Gasteiger partial charge in [0.25, 0.3) is 5.91 Å². The molecule has 2 aliphatic rings. The van der Waals surface area contributed by atoms with Gasteiger partial charge in [0.1, 0.15) is 5.75 Å². The van der Waals surface area contributed by atoms with Crippen LogP contribution in [0, 0.1) is 5.92 Å². The number of fused-ring (bicyclic) bond motifs is 1. The van der Waals surface area contributed by atoms with E-state index in [1.165, 1.54) is 0 Å². The molecule has 2 heterocycles. The van der Waals surface area contributed by atoms with Gasteiger partial charge >= 0.3 is 0 Å². The molecule has 1 atom stereocenters. The van der Waals surface area contributed by atoms with Crippen LogP contribution in [0.25, 0.3) is 10.8 Å². The molecule has 2 saturated heterocycles. The van der Waals surface area contributed by atoms with Gasteiger partial charge in [-0.2, -0.15) is 0 Å². The van der Waals surface area contributed by atoms with Crippen molar-refractivity contribution >= 4 is 32.4 Å². The van der Waals surface area contributed by atoms with Crippen molar-refractivity contribution in [1.82, 2.24) is 9.80 Å². The summed E-state index contributed by atoms with van der Waals surface area (Å²) in [5.74, 6) is 0.228. The van der Waals surface area contributed by atoms with Crippen LogP contribution in [0.1, 0.15) is 16.8 Å². The molecule has 0 saturated carbocycles. The number of ether oxygens (including phenoxy) is 1. The van der Waals surface area contributed by atoms with E-state index in [0.717, 1.165) is 16.5 Å². The first kappa shape index (κ1) is 19.7. The van der Waals surface area contributed by atoms with Crippen LogP contribution in [0.4, 0.5) is 0 Å². The molecule has 0 aromatic heterocycles. The van der Waals surface area contributed by atoms with Crippen LogP contribution in [-0.2, 0) is 14.6 Å².